The molecule has 2 rings (SSSR count). The maximum atomic E-state index is 12.0. The van der Waals surface area contributed by atoms with Crippen LogP contribution in [0.25, 0.3) is 0 Å². The van der Waals surface area contributed by atoms with Crippen LogP contribution in [-0.4, -0.2) is 18.0 Å². The van der Waals surface area contributed by atoms with Crippen LogP contribution in [0.1, 0.15) is 52.4 Å². The van der Waals surface area contributed by atoms with Crippen molar-refractivity contribution in [3.05, 3.63) is 24.3 Å². The number of benzene rings is 1. The molecule has 5 heteroatoms. The first-order valence-corrected chi connectivity index (χ1v) is 8.50. The summed E-state index contributed by atoms with van der Waals surface area (Å²) < 4.78 is 0. The van der Waals surface area contributed by atoms with Crippen LogP contribution in [0.4, 0.5) is 16.2 Å². The Morgan fingerprint density at radius 1 is 1.04 bits per heavy atom. The van der Waals surface area contributed by atoms with E-state index in [1.165, 1.54) is 25.7 Å². The Balaban J connectivity index is 1.75. The highest BCUT2D eigenvalue weighted by molar-refractivity contribution is 5.92. The second-order valence-electron chi connectivity index (χ2n) is 6.57. The van der Waals surface area contributed by atoms with Crippen molar-refractivity contribution in [2.24, 2.45) is 5.92 Å². The highest BCUT2D eigenvalue weighted by Crippen LogP contribution is 2.28. The first-order valence-electron chi connectivity index (χ1n) is 8.50. The van der Waals surface area contributed by atoms with Gasteiger partial charge in [-0.05, 0) is 50.5 Å². The maximum absolute atomic E-state index is 12.0. The van der Waals surface area contributed by atoms with E-state index in [0.29, 0.717) is 12.1 Å². The van der Waals surface area contributed by atoms with E-state index in [1.54, 1.807) is 24.3 Å². The third-order valence-corrected chi connectivity index (χ3v) is 4.10. The lowest BCUT2D eigenvalue weighted by Crippen LogP contribution is -2.34. The van der Waals surface area contributed by atoms with Gasteiger partial charge in [0.1, 0.15) is 0 Å². The van der Waals surface area contributed by atoms with Crippen LogP contribution in [0.2, 0.25) is 0 Å². The Bertz CT molecular complexity index is 520. The summed E-state index contributed by atoms with van der Waals surface area (Å²) in [5, 5.41) is 8.43. The molecule has 1 aliphatic rings. The van der Waals surface area contributed by atoms with Crippen LogP contribution in [0.3, 0.4) is 0 Å². The molecule has 1 aliphatic carbocycles. The minimum Gasteiger partial charge on any atom is -0.336 e. The van der Waals surface area contributed by atoms with Crippen LogP contribution >= 0.6 is 0 Å². The third-order valence-electron chi connectivity index (χ3n) is 4.10. The fourth-order valence-electron chi connectivity index (χ4n) is 2.92. The SMILES string of the molecule is CC(C)NC(=O)Nc1ccc(NC(=O)CCC2CCCC2)cc1. The second-order valence-corrected chi connectivity index (χ2v) is 6.57. The van der Waals surface area contributed by atoms with Crippen LogP contribution in [0.5, 0.6) is 0 Å². The Morgan fingerprint density at radius 2 is 1.61 bits per heavy atom. The number of carbonyl (C=O) groups is 2. The predicted octanol–water partition coefficient (Wildman–Crippen LogP) is 4.13. The largest absolute Gasteiger partial charge is 0.336 e. The average molecular weight is 317 g/mol. The van der Waals surface area contributed by atoms with Gasteiger partial charge in [0, 0.05) is 23.8 Å². The van der Waals surface area contributed by atoms with Gasteiger partial charge in [-0.25, -0.2) is 4.79 Å². The molecule has 1 fully saturated rings. The standard InChI is InChI=1S/C18H27N3O2/c1-13(2)19-18(23)21-16-10-8-15(9-11-16)20-17(22)12-7-14-5-3-4-6-14/h8-11,13-14H,3-7,12H2,1-2H3,(H,20,22)(H2,19,21,23). The molecule has 3 N–H and O–H groups in total. The van der Waals surface area contributed by atoms with Gasteiger partial charge in [-0.2, -0.15) is 0 Å². The molecule has 23 heavy (non-hydrogen) atoms. The minimum atomic E-state index is -0.228. The lowest BCUT2D eigenvalue weighted by atomic mass is 10.0. The van der Waals surface area contributed by atoms with E-state index in [2.05, 4.69) is 16.0 Å². The monoisotopic (exact) mass is 317 g/mol. The van der Waals surface area contributed by atoms with Gasteiger partial charge in [-0.1, -0.05) is 25.7 Å². The van der Waals surface area contributed by atoms with Crippen molar-refractivity contribution in [3.63, 3.8) is 0 Å². The number of carbonyl (C=O) groups excluding carboxylic acids is 2. The quantitative estimate of drug-likeness (QED) is 0.738. The van der Waals surface area contributed by atoms with E-state index in [1.807, 2.05) is 13.8 Å². The summed E-state index contributed by atoms with van der Waals surface area (Å²) >= 11 is 0. The Labute approximate surface area is 138 Å². The minimum absolute atomic E-state index is 0.0650. The van der Waals surface area contributed by atoms with Crippen LogP contribution in [0.15, 0.2) is 24.3 Å². The van der Waals surface area contributed by atoms with Gasteiger partial charge >= 0.3 is 6.03 Å². The molecule has 0 aliphatic heterocycles. The van der Waals surface area contributed by atoms with Crippen molar-refractivity contribution in [3.8, 4) is 0 Å². The molecular formula is C18H27N3O2. The van der Waals surface area contributed by atoms with Gasteiger partial charge < -0.3 is 16.0 Å². The fourth-order valence-corrected chi connectivity index (χ4v) is 2.92. The molecule has 3 amide bonds. The molecule has 0 unspecified atom stereocenters. The van der Waals surface area contributed by atoms with Gasteiger partial charge in [0.2, 0.25) is 5.91 Å². The molecule has 1 aromatic rings. The Hall–Kier alpha value is -2.04. The summed E-state index contributed by atoms with van der Waals surface area (Å²) in [4.78, 5) is 23.6. The molecule has 0 heterocycles. The number of amides is 3. The van der Waals surface area contributed by atoms with Crippen molar-refractivity contribution in [2.75, 3.05) is 10.6 Å². The van der Waals surface area contributed by atoms with Crippen molar-refractivity contribution in [1.29, 1.82) is 0 Å². The molecule has 0 spiro atoms. The number of rotatable bonds is 6. The molecule has 0 aromatic heterocycles. The first-order chi connectivity index (χ1) is 11.0. The van der Waals surface area contributed by atoms with Crippen molar-refractivity contribution in [1.82, 2.24) is 5.32 Å². The van der Waals surface area contributed by atoms with Crippen LogP contribution in [0, 0.1) is 5.92 Å². The van der Waals surface area contributed by atoms with E-state index in [9.17, 15) is 9.59 Å². The molecule has 0 saturated heterocycles. The molecular weight excluding hydrogens is 290 g/mol. The zero-order valence-electron chi connectivity index (χ0n) is 14.0. The van der Waals surface area contributed by atoms with E-state index in [4.69, 9.17) is 0 Å². The number of anilines is 2. The third kappa shape index (κ3) is 6.30. The van der Waals surface area contributed by atoms with Gasteiger partial charge in [0.15, 0.2) is 0 Å². The second kappa shape index (κ2) is 8.56. The maximum Gasteiger partial charge on any atom is 0.319 e. The van der Waals surface area contributed by atoms with Crippen molar-refractivity contribution >= 4 is 23.3 Å². The Morgan fingerprint density at radius 3 is 2.17 bits per heavy atom. The smallest absolute Gasteiger partial charge is 0.319 e. The van der Waals surface area contributed by atoms with E-state index < -0.39 is 0 Å². The number of nitrogens with one attached hydrogen (secondary N) is 3. The van der Waals surface area contributed by atoms with E-state index in [0.717, 1.165) is 18.0 Å². The molecule has 5 nitrogen and oxygen atoms in total. The number of urea groups is 1. The highest BCUT2D eigenvalue weighted by Gasteiger charge is 2.16. The number of hydrogen-bond acceptors (Lipinski definition) is 2. The predicted molar refractivity (Wildman–Crippen MR) is 93.6 cm³/mol. The fraction of sp³-hybridized carbons (Fsp3) is 0.556. The lowest BCUT2D eigenvalue weighted by Gasteiger charge is -2.11. The molecule has 0 radical (unpaired) electrons. The van der Waals surface area contributed by atoms with Crippen LogP contribution in [-0.2, 0) is 4.79 Å². The highest BCUT2D eigenvalue weighted by atomic mass is 16.2. The molecule has 0 bridgehead atoms. The summed E-state index contributed by atoms with van der Waals surface area (Å²) in [5.41, 5.74) is 1.46. The summed E-state index contributed by atoms with van der Waals surface area (Å²) in [7, 11) is 0. The Kier molecular flexibility index (Phi) is 6.44. The first kappa shape index (κ1) is 17.3. The zero-order chi connectivity index (χ0) is 16.7. The van der Waals surface area contributed by atoms with Crippen molar-refractivity contribution in [2.45, 2.75) is 58.4 Å². The topological polar surface area (TPSA) is 70.2 Å². The van der Waals surface area contributed by atoms with Gasteiger partial charge in [0.25, 0.3) is 0 Å². The molecule has 1 aromatic carbocycles. The summed E-state index contributed by atoms with van der Waals surface area (Å²) in [6.45, 7) is 3.81. The summed E-state index contributed by atoms with van der Waals surface area (Å²) in [6.07, 6.45) is 6.73. The van der Waals surface area contributed by atoms with Gasteiger partial charge in [-0.3, -0.25) is 4.79 Å². The van der Waals surface area contributed by atoms with Gasteiger partial charge in [-0.15, -0.1) is 0 Å². The molecule has 126 valence electrons. The van der Waals surface area contributed by atoms with Crippen LogP contribution < -0.4 is 16.0 Å². The average Bonchev–Trinajstić information content (AvgIpc) is 3.00. The normalized spacial score (nSPS) is 14.7. The lowest BCUT2D eigenvalue weighted by molar-refractivity contribution is -0.116. The van der Waals surface area contributed by atoms with E-state index in [-0.39, 0.29) is 18.0 Å². The zero-order valence-corrected chi connectivity index (χ0v) is 14.0. The van der Waals surface area contributed by atoms with Gasteiger partial charge in [0.05, 0.1) is 0 Å². The van der Waals surface area contributed by atoms with E-state index >= 15 is 0 Å². The molecule has 0 atom stereocenters. The molecule has 1 saturated carbocycles. The number of hydrogen-bond donors (Lipinski definition) is 3. The summed E-state index contributed by atoms with van der Waals surface area (Å²) in [6, 6.07) is 7.04. The van der Waals surface area contributed by atoms with Crippen molar-refractivity contribution < 1.29 is 9.59 Å². The summed E-state index contributed by atoms with van der Waals surface area (Å²) in [5.74, 6) is 0.793.